The summed E-state index contributed by atoms with van der Waals surface area (Å²) in [5, 5.41) is 0. The van der Waals surface area contributed by atoms with E-state index in [2.05, 4.69) is 13.8 Å². The molecule has 0 fully saturated rings. The van der Waals surface area contributed by atoms with Gasteiger partial charge in [0.2, 0.25) is 0 Å². The molecule has 9 heteroatoms. The Kier molecular flexibility index (Phi) is 15.9. The van der Waals surface area contributed by atoms with Gasteiger partial charge in [-0.25, -0.2) is 16.8 Å². The molecule has 0 heterocycles. The van der Waals surface area contributed by atoms with Gasteiger partial charge in [-0.05, 0) is 61.1 Å². The Morgan fingerprint density at radius 1 is 0.545 bits per heavy atom. The van der Waals surface area contributed by atoms with Crippen LogP contribution in [0.25, 0.3) is 0 Å². The van der Waals surface area contributed by atoms with Gasteiger partial charge in [-0.3, -0.25) is 0 Å². The molecule has 2 rings (SSSR count). The fourth-order valence-electron chi connectivity index (χ4n) is 3.16. The molecule has 0 N–H and O–H groups in total. The van der Waals surface area contributed by atoms with Crippen molar-refractivity contribution in [1.82, 2.24) is 0 Å². The molecule has 0 radical (unpaired) electrons. The van der Waals surface area contributed by atoms with Crippen molar-refractivity contribution in [3.8, 4) is 0 Å². The number of aryl methyl sites for hydroxylation is 2. The number of unbranched alkanes of at least 4 members (excludes halogenated alkanes) is 6. The van der Waals surface area contributed by atoms with E-state index < -0.39 is 20.2 Å². The van der Waals surface area contributed by atoms with Crippen molar-refractivity contribution in [3.63, 3.8) is 0 Å². The van der Waals surface area contributed by atoms with Gasteiger partial charge < -0.3 is 9.11 Å². The van der Waals surface area contributed by atoms with Gasteiger partial charge in [0.05, 0.1) is 9.79 Å². The molecule has 0 aromatic heterocycles. The minimum absolute atomic E-state index is 0. The third-order valence-corrected chi connectivity index (χ3v) is 6.76. The molecule has 0 atom stereocenters. The molecule has 0 saturated carbocycles. The zero-order valence-corrected chi connectivity index (χ0v) is 24.3. The van der Waals surface area contributed by atoms with E-state index in [0.29, 0.717) is 0 Å². The average Bonchev–Trinajstić information content (AvgIpc) is 2.74. The summed E-state index contributed by atoms with van der Waals surface area (Å²) >= 11 is 0. The second kappa shape index (κ2) is 16.5. The Labute approximate surface area is 212 Å². The van der Waals surface area contributed by atoms with E-state index in [1.807, 2.05) is 0 Å². The van der Waals surface area contributed by atoms with E-state index in [9.17, 15) is 25.9 Å². The van der Waals surface area contributed by atoms with Crippen LogP contribution < -0.4 is 0 Å². The zero-order chi connectivity index (χ0) is 24.0. The molecule has 0 bridgehead atoms. The molecule has 0 saturated heterocycles. The summed E-state index contributed by atoms with van der Waals surface area (Å²) in [7, 11) is -8.60. The largest absolute Gasteiger partial charge is 2.00 e. The molecular formula is C24H34O6S2Zn. The van der Waals surface area contributed by atoms with Crippen LogP contribution in [0.4, 0.5) is 0 Å². The molecule has 180 valence electrons. The van der Waals surface area contributed by atoms with Gasteiger partial charge in [0.1, 0.15) is 20.2 Å². The molecule has 0 amide bonds. The molecule has 0 unspecified atom stereocenters. The average molecular weight is 548 g/mol. The van der Waals surface area contributed by atoms with Crippen molar-refractivity contribution in [2.75, 3.05) is 0 Å². The first-order valence-electron chi connectivity index (χ1n) is 11.2. The molecule has 33 heavy (non-hydrogen) atoms. The van der Waals surface area contributed by atoms with Crippen molar-refractivity contribution < 1.29 is 45.4 Å². The molecular weight excluding hydrogens is 514 g/mol. The summed E-state index contributed by atoms with van der Waals surface area (Å²) in [5.74, 6) is 0. The summed E-state index contributed by atoms with van der Waals surface area (Å²) < 4.78 is 64.1. The van der Waals surface area contributed by atoms with Crippen molar-refractivity contribution in [3.05, 3.63) is 59.7 Å². The van der Waals surface area contributed by atoms with E-state index in [4.69, 9.17) is 0 Å². The van der Waals surface area contributed by atoms with E-state index in [1.165, 1.54) is 62.8 Å². The van der Waals surface area contributed by atoms with Crippen molar-refractivity contribution in [1.29, 1.82) is 0 Å². The molecule has 0 aliphatic heterocycles. The van der Waals surface area contributed by atoms with Gasteiger partial charge in [-0.2, -0.15) is 0 Å². The number of benzene rings is 2. The fraction of sp³-hybridized carbons (Fsp3) is 0.500. The Balaban J connectivity index is 0.000000602. The van der Waals surface area contributed by atoms with Crippen LogP contribution in [0.15, 0.2) is 58.3 Å². The minimum Gasteiger partial charge on any atom is -0.744 e. The first kappa shape index (κ1) is 31.9. The topological polar surface area (TPSA) is 114 Å². The van der Waals surface area contributed by atoms with Gasteiger partial charge in [-0.15, -0.1) is 0 Å². The molecule has 2 aromatic rings. The van der Waals surface area contributed by atoms with Crippen LogP contribution in [0.2, 0.25) is 0 Å². The normalized spacial score (nSPS) is 11.3. The predicted molar refractivity (Wildman–Crippen MR) is 125 cm³/mol. The maximum Gasteiger partial charge on any atom is 2.00 e. The molecule has 2 aromatic carbocycles. The van der Waals surface area contributed by atoms with Crippen LogP contribution in [-0.4, -0.2) is 25.9 Å². The van der Waals surface area contributed by atoms with Gasteiger partial charge in [0, 0.05) is 0 Å². The smallest absolute Gasteiger partial charge is 0.744 e. The van der Waals surface area contributed by atoms with Gasteiger partial charge in [0.25, 0.3) is 0 Å². The first-order valence-corrected chi connectivity index (χ1v) is 14.0. The number of rotatable bonds is 12. The van der Waals surface area contributed by atoms with Crippen LogP contribution in [0, 0.1) is 0 Å². The standard InChI is InChI=1S/2C12H18O3S.Zn/c2*1-2-3-4-5-6-11-7-9-12(10-8-11)16(13,14)15;/h2*7-10H,2-6H2,1H3,(H,13,14,15);/q;;+2/p-2. The SMILES string of the molecule is CCCCCCc1ccc(S(=O)(=O)[O-])cc1.CCCCCCc1ccc(S(=O)(=O)[O-])cc1.[Zn+2]. The van der Waals surface area contributed by atoms with E-state index in [0.717, 1.165) is 36.8 Å². The Hall–Kier alpha value is -1.12. The summed E-state index contributed by atoms with van der Waals surface area (Å²) in [4.78, 5) is -0.297. The first-order chi connectivity index (χ1) is 15.1. The second-order valence-corrected chi connectivity index (χ2v) is 10.6. The summed E-state index contributed by atoms with van der Waals surface area (Å²) in [6, 6.07) is 12.4. The Morgan fingerprint density at radius 3 is 1.09 bits per heavy atom. The quantitative estimate of drug-likeness (QED) is 0.199. The Bertz CT molecular complexity index is 903. The van der Waals surface area contributed by atoms with E-state index in [1.54, 1.807) is 24.3 Å². The van der Waals surface area contributed by atoms with Gasteiger partial charge in [0.15, 0.2) is 0 Å². The maximum absolute atomic E-state index is 10.7. The third kappa shape index (κ3) is 14.0. The van der Waals surface area contributed by atoms with Gasteiger partial charge >= 0.3 is 19.5 Å². The van der Waals surface area contributed by atoms with Crippen LogP contribution in [0.3, 0.4) is 0 Å². The molecule has 6 nitrogen and oxygen atoms in total. The van der Waals surface area contributed by atoms with Crippen LogP contribution >= 0.6 is 0 Å². The monoisotopic (exact) mass is 546 g/mol. The number of hydrogen-bond donors (Lipinski definition) is 0. The number of hydrogen-bond acceptors (Lipinski definition) is 6. The second-order valence-electron chi connectivity index (χ2n) is 7.82. The summed E-state index contributed by atoms with van der Waals surface area (Å²) in [5.41, 5.74) is 2.17. The summed E-state index contributed by atoms with van der Waals surface area (Å²) in [6.07, 6.45) is 11.4. The minimum atomic E-state index is -4.30. The molecule has 0 aliphatic rings. The third-order valence-electron chi connectivity index (χ3n) is 5.06. The van der Waals surface area contributed by atoms with Gasteiger partial charge in [-0.1, -0.05) is 76.6 Å². The molecule has 0 spiro atoms. The zero-order valence-electron chi connectivity index (χ0n) is 19.7. The maximum atomic E-state index is 10.7. The predicted octanol–water partition coefficient (Wildman–Crippen LogP) is 5.42. The molecule has 0 aliphatic carbocycles. The Morgan fingerprint density at radius 2 is 0.848 bits per heavy atom. The van der Waals surface area contributed by atoms with Crippen molar-refractivity contribution in [2.45, 2.75) is 87.8 Å². The fourth-order valence-corrected chi connectivity index (χ4v) is 4.10. The van der Waals surface area contributed by atoms with E-state index >= 15 is 0 Å². The van der Waals surface area contributed by atoms with Crippen molar-refractivity contribution >= 4 is 20.2 Å². The van der Waals surface area contributed by atoms with E-state index in [-0.39, 0.29) is 29.3 Å². The van der Waals surface area contributed by atoms with Crippen molar-refractivity contribution in [2.24, 2.45) is 0 Å². The summed E-state index contributed by atoms with van der Waals surface area (Å²) in [6.45, 7) is 4.32. The van der Waals surface area contributed by atoms with Crippen LogP contribution in [0.1, 0.15) is 76.3 Å². The van der Waals surface area contributed by atoms with Crippen LogP contribution in [0.5, 0.6) is 0 Å². The van der Waals surface area contributed by atoms with Crippen LogP contribution in [-0.2, 0) is 52.6 Å².